The van der Waals surface area contributed by atoms with Crippen molar-refractivity contribution >= 4 is 39.6 Å². The summed E-state index contributed by atoms with van der Waals surface area (Å²) in [6.45, 7) is 0.442. The Morgan fingerprint density at radius 3 is 2.49 bits per heavy atom. The maximum Gasteiger partial charge on any atom is 0.433 e. The van der Waals surface area contributed by atoms with E-state index in [2.05, 4.69) is 20.5 Å². The van der Waals surface area contributed by atoms with Gasteiger partial charge in [0.15, 0.2) is 17.0 Å². The predicted molar refractivity (Wildman–Crippen MR) is 142 cm³/mol. The summed E-state index contributed by atoms with van der Waals surface area (Å²) in [5, 5.41) is 13.2. The van der Waals surface area contributed by atoms with Gasteiger partial charge in [-0.1, -0.05) is 60.1 Å². The van der Waals surface area contributed by atoms with Gasteiger partial charge in [0.25, 0.3) is 5.91 Å². The summed E-state index contributed by atoms with van der Waals surface area (Å²) in [7, 11) is 0. The summed E-state index contributed by atoms with van der Waals surface area (Å²) in [4.78, 5) is 17.3. The van der Waals surface area contributed by atoms with Gasteiger partial charge in [-0.15, -0.1) is 0 Å². The molecule has 0 spiro atoms. The number of nitrogens with zero attached hydrogens (tertiary/aromatic N) is 5. The Morgan fingerprint density at radius 2 is 1.72 bits per heavy atom. The van der Waals surface area contributed by atoms with E-state index >= 15 is 0 Å². The Hall–Kier alpha value is -4.70. The van der Waals surface area contributed by atoms with Crippen molar-refractivity contribution in [3.8, 4) is 11.3 Å². The Morgan fingerprint density at radius 1 is 0.949 bits per heavy atom. The highest BCUT2D eigenvalue weighted by Crippen LogP contribution is 2.33. The highest BCUT2D eigenvalue weighted by atomic mass is 35.5. The molecule has 3 heterocycles. The number of hydrogen-bond acceptors (Lipinski definition) is 4. The Labute approximate surface area is 224 Å². The molecule has 0 saturated heterocycles. The molecule has 1 N–H and O–H groups in total. The second kappa shape index (κ2) is 9.55. The molecule has 0 fully saturated rings. The monoisotopic (exact) mass is 546 g/mol. The molecule has 0 aliphatic carbocycles. The number of carbonyl (C=O) groups is 1. The molecule has 1 amide bonds. The van der Waals surface area contributed by atoms with Crippen molar-refractivity contribution in [3.63, 3.8) is 0 Å². The average Bonchev–Trinajstić information content (AvgIpc) is 3.55. The van der Waals surface area contributed by atoms with Crippen molar-refractivity contribution in [3.05, 3.63) is 113 Å². The second-order valence-corrected chi connectivity index (χ2v) is 9.33. The van der Waals surface area contributed by atoms with E-state index in [1.54, 1.807) is 35.1 Å². The Balaban J connectivity index is 1.30. The molecule has 3 aromatic heterocycles. The number of amides is 1. The number of nitrogens with one attached hydrogen (secondary N) is 1. The van der Waals surface area contributed by atoms with Gasteiger partial charge in [-0.2, -0.15) is 23.4 Å². The number of aromatic nitrogens is 5. The van der Waals surface area contributed by atoms with Crippen LogP contribution < -0.4 is 5.32 Å². The van der Waals surface area contributed by atoms with E-state index in [9.17, 15) is 18.0 Å². The zero-order valence-electron chi connectivity index (χ0n) is 20.0. The number of fused-ring (bicyclic) bond motifs is 2. The van der Waals surface area contributed by atoms with Gasteiger partial charge in [-0.05, 0) is 40.6 Å². The van der Waals surface area contributed by atoms with Gasteiger partial charge in [-0.25, -0.2) is 9.50 Å². The number of hydrogen-bond donors (Lipinski definition) is 1. The van der Waals surface area contributed by atoms with Crippen LogP contribution in [0, 0.1) is 0 Å². The lowest BCUT2D eigenvalue weighted by Crippen LogP contribution is -2.15. The number of carbonyl (C=O) groups excluding carboxylic acids is 1. The number of benzene rings is 3. The van der Waals surface area contributed by atoms with Crippen molar-refractivity contribution in [2.45, 2.75) is 12.7 Å². The van der Waals surface area contributed by atoms with Crippen molar-refractivity contribution < 1.29 is 18.0 Å². The first-order valence-electron chi connectivity index (χ1n) is 11.8. The number of alkyl halides is 3. The minimum Gasteiger partial charge on any atom is -0.318 e. The zero-order valence-corrected chi connectivity index (χ0v) is 20.8. The lowest BCUT2D eigenvalue weighted by Gasteiger charge is -2.11. The molecule has 0 bridgehead atoms. The van der Waals surface area contributed by atoms with Gasteiger partial charge in [0, 0.05) is 22.8 Å². The minimum atomic E-state index is -4.73. The molecule has 0 saturated carbocycles. The van der Waals surface area contributed by atoms with Gasteiger partial charge in [0.05, 0.1) is 24.1 Å². The molecule has 39 heavy (non-hydrogen) atoms. The molecule has 3 aromatic carbocycles. The van der Waals surface area contributed by atoms with Crippen LogP contribution in [0.1, 0.15) is 21.7 Å². The molecule has 6 aromatic rings. The largest absolute Gasteiger partial charge is 0.433 e. The van der Waals surface area contributed by atoms with Crippen LogP contribution in [0.4, 0.5) is 18.9 Å². The van der Waals surface area contributed by atoms with Crippen molar-refractivity contribution in [1.29, 1.82) is 0 Å². The fraction of sp³-hybridized carbons (Fsp3) is 0.0714. The minimum absolute atomic E-state index is 0.100. The van der Waals surface area contributed by atoms with Crippen LogP contribution in [0.15, 0.2) is 91.3 Å². The first kappa shape index (κ1) is 24.6. The van der Waals surface area contributed by atoms with Crippen LogP contribution >= 0.6 is 11.6 Å². The summed E-state index contributed by atoms with van der Waals surface area (Å²) in [5.74, 6) is -0.688. The van der Waals surface area contributed by atoms with Crippen LogP contribution in [0.2, 0.25) is 5.02 Å². The van der Waals surface area contributed by atoms with Crippen LogP contribution in [0.25, 0.3) is 27.7 Å². The molecular formula is C28H18ClF3N6O. The fourth-order valence-corrected chi connectivity index (χ4v) is 4.40. The topological polar surface area (TPSA) is 77.1 Å². The maximum absolute atomic E-state index is 14.0. The molecule has 11 heteroatoms. The van der Waals surface area contributed by atoms with Gasteiger partial charge in [0.2, 0.25) is 0 Å². The van der Waals surface area contributed by atoms with Crippen LogP contribution in [0.3, 0.4) is 0 Å². The van der Waals surface area contributed by atoms with E-state index in [-0.39, 0.29) is 17.0 Å². The first-order valence-corrected chi connectivity index (χ1v) is 12.2. The predicted octanol–water partition coefficient (Wildman–Crippen LogP) is 6.72. The van der Waals surface area contributed by atoms with E-state index < -0.39 is 17.8 Å². The summed E-state index contributed by atoms with van der Waals surface area (Å²) in [5.41, 5.74) is 0.606. The molecular weight excluding hydrogens is 529 g/mol. The summed E-state index contributed by atoms with van der Waals surface area (Å²) in [6.07, 6.45) is -1.67. The quantitative estimate of drug-likeness (QED) is 0.260. The molecule has 6 rings (SSSR count). The van der Waals surface area contributed by atoms with Crippen LogP contribution in [-0.2, 0) is 12.7 Å². The Kier molecular flexibility index (Phi) is 6.03. The third-order valence-electron chi connectivity index (χ3n) is 6.14. The lowest BCUT2D eigenvalue weighted by molar-refractivity contribution is -0.142. The smallest absolute Gasteiger partial charge is 0.318 e. The van der Waals surface area contributed by atoms with Gasteiger partial charge in [0.1, 0.15) is 0 Å². The summed E-state index contributed by atoms with van der Waals surface area (Å²) in [6, 6.07) is 22.3. The molecule has 0 unspecified atom stereocenters. The normalized spacial score (nSPS) is 11.8. The molecule has 0 aliphatic rings. The highest BCUT2D eigenvalue weighted by molar-refractivity contribution is 6.30. The maximum atomic E-state index is 14.0. The van der Waals surface area contributed by atoms with Crippen molar-refractivity contribution in [2.75, 3.05) is 5.32 Å². The van der Waals surface area contributed by atoms with E-state index in [1.165, 1.54) is 12.3 Å². The van der Waals surface area contributed by atoms with Gasteiger partial charge in [-0.3, -0.25) is 9.48 Å². The third kappa shape index (κ3) is 5.06. The highest BCUT2D eigenvalue weighted by Gasteiger charge is 2.35. The van der Waals surface area contributed by atoms with Gasteiger partial charge >= 0.3 is 6.18 Å². The van der Waals surface area contributed by atoms with E-state index in [1.807, 2.05) is 42.5 Å². The first-order chi connectivity index (χ1) is 18.7. The van der Waals surface area contributed by atoms with Crippen molar-refractivity contribution in [1.82, 2.24) is 24.4 Å². The van der Waals surface area contributed by atoms with E-state index in [0.717, 1.165) is 22.4 Å². The number of halogens is 4. The third-order valence-corrected chi connectivity index (χ3v) is 6.40. The van der Waals surface area contributed by atoms with E-state index in [0.29, 0.717) is 27.3 Å². The number of anilines is 1. The number of rotatable bonds is 5. The average molecular weight is 547 g/mol. The SMILES string of the molecule is O=C(Nc1cnn(Cc2ccc(Cl)cc2)c1)c1cc2nc(-c3ccc4ccccc4c3)cc(C(F)(F)F)n2n1. The molecule has 194 valence electrons. The summed E-state index contributed by atoms with van der Waals surface area (Å²) >= 11 is 5.91. The molecule has 0 aliphatic heterocycles. The fourth-order valence-electron chi connectivity index (χ4n) is 4.27. The molecule has 0 radical (unpaired) electrons. The summed E-state index contributed by atoms with van der Waals surface area (Å²) < 4.78 is 44.3. The van der Waals surface area contributed by atoms with Crippen molar-refractivity contribution in [2.24, 2.45) is 0 Å². The Bertz CT molecular complexity index is 1840. The lowest BCUT2D eigenvalue weighted by atomic mass is 10.0. The zero-order chi connectivity index (χ0) is 27.1. The van der Waals surface area contributed by atoms with E-state index in [4.69, 9.17) is 11.6 Å². The van der Waals surface area contributed by atoms with Gasteiger partial charge < -0.3 is 5.32 Å². The standard InChI is InChI=1S/C28H18ClF3N6O/c29-21-9-5-17(6-10-21)15-37-16-22(14-33-37)34-27(39)24-13-26-35-23(12-25(28(30,31)32)38(26)36-24)20-8-7-18-3-1-2-4-19(18)11-20/h1-14,16H,15H2,(H,34,39). The molecule has 0 atom stereocenters. The van der Waals surface area contributed by atoms with Crippen LogP contribution in [0.5, 0.6) is 0 Å². The molecule has 7 nitrogen and oxygen atoms in total. The second-order valence-electron chi connectivity index (χ2n) is 8.89. The van der Waals surface area contributed by atoms with Crippen LogP contribution in [-0.4, -0.2) is 30.3 Å².